The molecular weight excluding hydrogens is 404 g/mol. The van der Waals surface area contributed by atoms with Gasteiger partial charge in [0.05, 0.1) is 23.2 Å². The molecule has 0 aliphatic carbocycles. The third-order valence-electron chi connectivity index (χ3n) is 6.23. The van der Waals surface area contributed by atoms with Gasteiger partial charge in [-0.25, -0.2) is 15.0 Å². The summed E-state index contributed by atoms with van der Waals surface area (Å²) in [4.78, 5) is 29.9. The van der Waals surface area contributed by atoms with Crippen LogP contribution in [0, 0.1) is 6.92 Å². The number of rotatable bonds is 7. The van der Waals surface area contributed by atoms with Crippen molar-refractivity contribution in [1.29, 1.82) is 0 Å². The fourth-order valence-electron chi connectivity index (χ4n) is 4.62. The van der Waals surface area contributed by atoms with Crippen molar-refractivity contribution in [3.63, 3.8) is 0 Å². The van der Waals surface area contributed by atoms with Gasteiger partial charge in [-0.3, -0.25) is 4.79 Å². The number of hydrogen-bond donors (Lipinski definition) is 1. The molecule has 0 spiro atoms. The van der Waals surface area contributed by atoms with Crippen LogP contribution in [0.1, 0.15) is 37.7 Å². The molecule has 1 atom stereocenters. The number of aryl methyl sites for hydroxylation is 3. The van der Waals surface area contributed by atoms with Gasteiger partial charge in [0.2, 0.25) is 5.91 Å². The van der Waals surface area contributed by atoms with E-state index in [1.807, 2.05) is 37.3 Å². The third kappa shape index (κ3) is 4.75. The van der Waals surface area contributed by atoms with Crippen molar-refractivity contribution >= 4 is 22.8 Å². The van der Waals surface area contributed by atoms with Gasteiger partial charge in [-0.15, -0.1) is 0 Å². The molecule has 1 fully saturated rings. The summed E-state index contributed by atoms with van der Waals surface area (Å²) in [6, 6.07) is 9.96. The molecule has 1 saturated heterocycles. The van der Waals surface area contributed by atoms with Crippen molar-refractivity contribution in [3.05, 3.63) is 48.2 Å². The number of carbonyl (C=O) groups excluding carboxylic acids is 1. The molecule has 0 unspecified atom stereocenters. The highest BCUT2D eigenvalue weighted by atomic mass is 16.3. The lowest BCUT2D eigenvalue weighted by Crippen LogP contribution is -2.55. The summed E-state index contributed by atoms with van der Waals surface area (Å²) in [5.41, 5.74) is 1.95. The maximum atomic E-state index is 12.9. The second-order valence-corrected chi connectivity index (χ2v) is 8.79. The van der Waals surface area contributed by atoms with E-state index < -0.39 is 5.60 Å². The Hall–Kier alpha value is -3.00. The number of likely N-dealkylation sites (N-methyl/N-ethyl adjacent to an activating group) is 1. The second-order valence-electron chi connectivity index (χ2n) is 8.79. The summed E-state index contributed by atoms with van der Waals surface area (Å²) in [6.07, 6.45) is 4.25. The Kier molecular flexibility index (Phi) is 6.41. The minimum Gasteiger partial charge on any atom is -0.386 e. The summed E-state index contributed by atoms with van der Waals surface area (Å²) >= 11 is 0. The SMILES string of the molecule is CCc1nc2ccccc2n1CCC(=O)N(C)C[C@]1(O)CCCN(c2cc(C)ncn2)C1. The van der Waals surface area contributed by atoms with E-state index in [1.54, 1.807) is 18.3 Å². The number of carbonyl (C=O) groups is 1. The summed E-state index contributed by atoms with van der Waals surface area (Å²) in [7, 11) is 1.78. The lowest BCUT2D eigenvalue weighted by Gasteiger charge is -2.41. The number of aromatic nitrogens is 4. The topological polar surface area (TPSA) is 87.4 Å². The zero-order valence-corrected chi connectivity index (χ0v) is 19.2. The number of para-hydroxylation sites is 2. The molecule has 32 heavy (non-hydrogen) atoms. The first-order valence-corrected chi connectivity index (χ1v) is 11.3. The van der Waals surface area contributed by atoms with Crippen molar-refractivity contribution < 1.29 is 9.90 Å². The van der Waals surface area contributed by atoms with Gasteiger partial charge in [-0.2, -0.15) is 0 Å². The van der Waals surface area contributed by atoms with E-state index in [1.165, 1.54) is 0 Å². The van der Waals surface area contributed by atoms with Crippen LogP contribution in [-0.4, -0.2) is 67.7 Å². The van der Waals surface area contributed by atoms with Crippen LogP contribution in [0.3, 0.4) is 0 Å². The quantitative estimate of drug-likeness (QED) is 0.613. The number of amides is 1. The Morgan fingerprint density at radius 3 is 2.88 bits per heavy atom. The molecule has 4 rings (SSSR count). The minimum absolute atomic E-state index is 0.0215. The molecular formula is C24H32N6O2. The first-order valence-electron chi connectivity index (χ1n) is 11.3. The van der Waals surface area contributed by atoms with Crippen LogP contribution >= 0.6 is 0 Å². The molecule has 8 nitrogen and oxygen atoms in total. The van der Waals surface area contributed by atoms with Crippen LogP contribution in [0.25, 0.3) is 11.0 Å². The van der Waals surface area contributed by atoms with E-state index in [0.29, 0.717) is 32.5 Å². The Balaban J connectivity index is 1.39. The first kappa shape index (κ1) is 22.2. The third-order valence-corrected chi connectivity index (χ3v) is 6.23. The zero-order valence-electron chi connectivity index (χ0n) is 19.2. The van der Waals surface area contributed by atoms with Crippen molar-refractivity contribution in [3.8, 4) is 0 Å². The van der Waals surface area contributed by atoms with Gasteiger partial charge in [0.1, 0.15) is 18.0 Å². The van der Waals surface area contributed by atoms with Crippen LogP contribution in [0.2, 0.25) is 0 Å². The Labute approximate surface area is 188 Å². The summed E-state index contributed by atoms with van der Waals surface area (Å²) in [5.74, 6) is 1.83. The van der Waals surface area contributed by atoms with Crippen LogP contribution in [0.15, 0.2) is 36.7 Å². The Morgan fingerprint density at radius 1 is 1.28 bits per heavy atom. The zero-order chi connectivity index (χ0) is 22.7. The Morgan fingerprint density at radius 2 is 2.09 bits per heavy atom. The fourth-order valence-corrected chi connectivity index (χ4v) is 4.62. The average molecular weight is 437 g/mol. The maximum Gasteiger partial charge on any atom is 0.224 e. The highest BCUT2D eigenvalue weighted by Gasteiger charge is 2.36. The highest BCUT2D eigenvalue weighted by molar-refractivity contribution is 5.78. The van der Waals surface area contributed by atoms with Crippen LogP contribution in [0.4, 0.5) is 5.82 Å². The molecule has 2 aromatic heterocycles. The second kappa shape index (κ2) is 9.24. The summed E-state index contributed by atoms with van der Waals surface area (Å²) in [5, 5.41) is 11.3. The van der Waals surface area contributed by atoms with Gasteiger partial charge >= 0.3 is 0 Å². The lowest BCUT2D eigenvalue weighted by atomic mass is 9.92. The molecule has 170 valence electrons. The molecule has 1 aliphatic rings. The molecule has 3 aromatic rings. The van der Waals surface area contributed by atoms with Gasteiger partial charge in [0, 0.05) is 51.3 Å². The van der Waals surface area contributed by atoms with Crippen molar-refractivity contribution in [2.45, 2.75) is 51.7 Å². The normalized spacial score (nSPS) is 18.8. The van der Waals surface area contributed by atoms with E-state index >= 15 is 0 Å². The monoisotopic (exact) mass is 436 g/mol. The molecule has 1 N–H and O–H groups in total. The van der Waals surface area contributed by atoms with Gasteiger partial charge in [-0.1, -0.05) is 19.1 Å². The van der Waals surface area contributed by atoms with Crippen molar-refractivity contribution in [1.82, 2.24) is 24.4 Å². The number of piperidine rings is 1. The Bertz CT molecular complexity index is 1100. The average Bonchev–Trinajstić information content (AvgIpc) is 3.15. The van der Waals surface area contributed by atoms with Crippen molar-refractivity contribution in [2.24, 2.45) is 0 Å². The maximum absolute atomic E-state index is 12.9. The fraction of sp³-hybridized carbons (Fsp3) is 0.500. The van der Waals surface area contributed by atoms with Gasteiger partial charge < -0.3 is 19.5 Å². The van der Waals surface area contributed by atoms with E-state index in [-0.39, 0.29) is 5.91 Å². The number of imidazole rings is 1. The predicted octanol–water partition coefficient (Wildman–Crippen LogP) is 2.58. The lowest BCUT2D eigenvalue weighted by molar-refractivity contribution is -0.133. The molecule has 8 heteroatoms. The molecule has 0 radical (unpaired) electrons. The molecule has 0 saturated carbocycles. The smallest absolute Gasteiger partial charge is 0.224 e. The summed E-state index contributed by atoms with van der Waals surface area (Å²) in [6.45, 7) is 6.18. The number of hydrogen-bond acceptors (Lipinski definition) is 6. The molecule has 0 bridgehead atoms. The highest BCUT2D eigenvalue weighted by Crippen LogP contribution is 2.26. The van der Waals surface area contributed by atoms with Gasteiger partial charge in [-0.05, 0) is 31.9 Å². The standard InChI is InChI=1S/C24H32N6O2/c1-4-21-27-19-8-5-6-9-20(19)30(21)13-10-23(31)28(3)15-24(32)11-7-12-29(16-24)22-14-18(2)25-17-26-22/h5-6,8-9,14,17,32H,4,7,10-13,15-16H2,1-3H3/t24-/m1/s1. The minimum atomic E-state index is -0.961. The number of β-amino-alcohol motifs (C(OH)–C–C–N with tert-alkyl or cyclic N) is 1. The van der Waals surface area contributed by atoms with Crippen molar-refractivity contribution in [2.75, 3.05) is 31.6 Å². The molecule has 1 amide bonds. The van der Waals surface area contributed by atoms with Gasteiger partial charge in [0.25, 0.3) is 0 Å². The van der Waals surface area contributed by atoms with Gasteiger partial charge in [0.15, 0.2) is 0 Å². The largest absolute Gasteiger partial charge is 0.386 e. The molecule has 3 heterocycles. The van der Waals surface area contributed by atoms with Crippen LogP contribution in [-0.2, 0) is 17.8 Å². The number of fused-ring (bicyclic) bond motifs is 1. The van der Waals surface area contributed by atoms with E-state index in [0.717, 1.165) is 47.8 Å². The summed E-state index contributed by atoms with van der Waals surface area (Å²) < 4.78 is 2.13. The van der Waals surface area contributed by atoms with Crippen LogP contribution < -0.4 is 4.90 Å². The number of nitrogens with zero attached hydrogens (tertiary/aromatic N) is 6. The number of anilines is 1. The predicted molar refractivity (Wildman–Crippen MR) is 125 cm³/mol. The number of aliphatic hydroxyl groups is 1. The number of benzene rings is 1. The van der Waals surface area contributed by atoms with E-state index in [9.17, 15) is 9.90 Å². The molecule has 1 aromatic carbocycles. The molecule has 1 aliphatic heterocycles. The van der Waals surface area contributed by atoms with E-state index in [4.69, 9.17) is 0 Å². The van der Waals surface area contributed by atoms with Crippen LogP contribution in [0.5, 0.6) is 0 Å². The first-order chi connectivity index (χ1) is 15.4. The van der Waals surface area contributed by atoms with E-state index in [2.05, 4.69) is 31.3 Å².